The molecule has 1 N–H and O–H groups in total. The van der Waals surface area contributed by atoms with Crippen molar-refractivity contribution in [2.75, 3.05) is 6.61 Å². The van der Waals surface area contributed by atoms with Crippen LogP contribution in [0.25, 0.3) is 11.1 Å². The normalized spacial score (nSPS) is 39.1. The summed E-state index contributed by atoms with van der Waals surface area (Å²) in [4.78, 5) is 29.0. The summed E-state index contributed by atoms with van der Waals surface area (Å²) in [5.41, 5.74) is 0.000898. The molecule has 7 rings (SSSR count). The van der Waals surface area contributed by atoms with Gasteiger partial charge in [0.1, 0.15) is 6.10 Å². The monoisotopic (exact) mass is 572 g/mol. The van der Waals surface area contributed by atoms with Crippen molar-refractivity contribution in [3.8, 4) is 11.1 Å². The van der Waals surface area contributed by atoms with Crippen molar-refractivity contribution in [1.29, 1.82) is 0 Å². The fourth-order valence-corrected chi connectivity index (χ4v) is 8.97. The maximum Gasteiger partial charge on any atom is 0.357 e. The second kappa shape index (κ2) is 8.74. The number of Topliss-reactive ketones (excluding diaryl/α,β-unsaturated/α-hetero) is 1. The van der Waals surface area contributed by atoms with Crippen molar-refractivity contribution >= 4 is 11.8 Å². The quantitative estimate of drug-likeness (QED) is 0.413. The lowest BCUT2D eigenvalue weighted by molar-refractivity contribution is -0.302. The lowest BCUT2D eigenvalue weighted by Gasteiger charge is -2.52. The molecule has 0 amide bonds. The highest BCUT2D eigenvalue weighted by Crippen LogP contribution is 2.72. The second-order valence-electron chi connectivity index (χ2n) is 14.2. The van der Waals surface area contributed by atoms with Gasteiger partial charge in [0.25, 0.3) is 0 Å². The van der Waals surface area contributed by atoms with Gasteiger partial charge >= 0.3 is 5.97 Å². The van der Waals surface area contributed by atoms with E-state index in [4.69, 9.17) is 14.2 Å². The molecule has 3 fully saturated rings. The summed E-state index contributed by atoms with van der Waals surface area (Å²) in [5, 5.41) is 17.6. The first-order chi connectivity index (χ1) is 19.7. The summed E-state index contributed by atoms with van der Waals surface area (Å²) in [6.07, 6.45) is 4.35. The molecule has 5 aliphatic rings. The highest BCUT2D eigenvalue weighted by atomic mass is 16.7. The van der Waals surface area contributed by atoms with Crippen molar-refractivity contribution in [3.63, 3.8) is 0 Å². The highest BCUT2D eigenvalue weighted by molar-refractivity contribution is 5.97. The van der Waals surface area contributed by atoms with Gasteiger partial charge in [-0.1, -0.05) is 63.3 Å². The largest absolute Gasteiger partial charge is 0.450 e. The minimum absolute atomic E-state index is 0.0118. The van der Waals surface area contributed by atoms with E-state index in [1.165, 1.54) is 4.68 Å². The molecule has 0 radical (unpaired) electrons. The average Bonchev–Trinajstić information content (AvgIpc) is 3.20. The van der Waals surface area contributed by atoms with Crippen LogP contribution in [0.5, 0.6) is 0 Å². The zero-order valence-corrected chi connectivity index (χ0v) is 25.4. The van der Waals surface area contributed by atoms with E-state index in [0.717, 1.165) is 17.6 Å². The first-order valence-corrected chi connectivity index (χ1v) is 15.0. The Hall–Kier alpha value is -3.07. The third-order valence-corrected chi connectivity index (χ3v) is 11.1. The first kappa shape index (κ1) is 27.7. The predicted octanol–water partition coefficient (Wildman–Crippen LogP) is 4.88. The molecule has 1 aliphatic heterocycles. The molecule has 8 nitrogen and oxygen atoms in total. The number of ketones is 1. The van der Waals surface area contributed by atoms with E-state index < -0.39 is 35.0 Å². The van der Waals surface area contributed by atoms with E-state index in [0.29, 0.717) is 17.1 Å². The molecule has 1 saturated heterocycles. The minimum Gasteiger partial charge on any atom is -0.450 e. The van der Waals surface area contributed by atoms with Crippen LogP contribution >= 0.6 is 0 Å². The molecule has 8 atom stereocenters. The van der Waals surface area contributed by atoms with Crippen molar-refractivity contribution in [3.05, 3.63) is 65.5 Å². The van der Waals surface area contributed by atoms with Crippen LogP contribution in [0, 0.1) is 34.5 Å². The van der Waals surface area contributed by atoms with Gasteiger partial charge < -0.3 is 19.3 Å². The van der Waals surface area contributed by atoms with Crippen LogP contribution in [-0.4, -0.2) is 56.8 Å². The first-order valence-electron chi connectivity index (χ1n) is 15.0. The molecule has 1 spiro atoms. The van der Waals surface area contributed by atoms with Gasteiger partial charge in [-0.3, -0.25) is 9.48 Å². The molecule has 1 aromatic heterocycles. The van der Waals surface area contributed by atoms with Crippen LogP contribution in [0.4, 0.5) is 0 Å². The van der Waals surface area contributed by atoms with Crippen LogP contribution in [0.1, 0.15) is 58.5 Å². The summed E-state index contributed by atoms with van der Waals surface area (Å²) in [5.74, 6) is -1.68. The highest BCUT2D eigenvalue weighted by Gasteiger charge is 2.77. The fraction of sp³-hybridized carbons (Fsp3) is 0.559. The predicted molar refractivity (Wildman–Crippen MR) is 155 cm³/mol. The number of carbonyl (C=O) groups excluding carboxylic acids is 2. The van der Waals surface area contributed by atoms with Crippen molar-refractivity contribution in [2.24, 2.45) is 41.5 Å². The second-order valence-corrected chi connectivity index (χ2v) is 14.2. The Morgan fingerprint density at radius 2 is 1.88 bits per heavy atom. The number of carbonyl (C=O) groups is 2. The van der Waals surface area contributed by atoms with Gasteiger partial charge in [-0.05, 0) is 67.1 Å². The number of aromatic nitrogens is 2. The molecule has 2 saturated carbocycles. The number of nitrogens with zero attached hydrogens (tertiary/aromatic N) is 2. The average molecular weight is 573 g/mol. The molecule has 8 heteroatoms. The number of hydrogen-bond donors (Lipinski definition) is 1. The van der Waals surface area contributed by atoms with Gasteiger partial charge in [0.15, 0.2) is 29.0 Å². The zero-order chi connectivity index (χ0) is 30.0. The number of fused-ring (bicyclic) bond motifs is 5. The molecule has 1 unspecified atom stereocenters. The number of ether oxygens (including phenoxy) is 3. The Morgan fingerprint density at radius 1 is 1.17 bits per heavy atom. The molecular formula is C34H40N2O6. The van der Waals surface area contributed by atoms with E-state index in [1.807, 2.05) is 63.3 Å². The summed E-state index contributed by atoms with van der Waals surface area (Å²) < 4.78 is 20.4. The van der Waals surface area contributed by atoms with Gasteiger partial charge in [-0.15, -0.1) is 0 Å². The number of esters is 1. The zero-order valence-electron chi connectivity index (χ0n) is 25.4. The molecular weight excluding hydrogens is 532 g/mol. The maximum atomic E-state index is 14.9. The molecule has 4 aliphatic carbocycles. The third kappa shape index (κ3) is 3.49. The van der Waals surface area contributed by atoms with Crippen molar-refractivity contribution < 1.29 is 28.9 Å². The van der Waals surface area contributed by atoms with E-state index in [-0.39, 0.29) is 41.3 Å². The topological polar surface area (TPSA) is 99.9 Å². The summed E-state index contributed by atoms with van der Waals surface area (Å²) >= 11 is 0. The maximum absolute atomic E-state index is 14.9. The summed E-state index contributed by atoms with van der Waals surface area (Å²) in [7, 11) is 1.70. The SMILES string of the molecule is CC1=C[C@]23C(=O)[C@@H](C=C4COC(C)(C)O[C@H]4C2(O)[C@H]1OC(=O)c1c(-c2ccccc2)cnn1C)[C@H]1[C@@H](C[C@H]3C)C1(C)C. The van der Waals surface area contributed by atoms with Gasteiger partial charge in [0.2, 0.25) is 0 Å². The van der Waals surface area contributed by atoms with Gasteiger partial charge in [-0.2, -0.15) is 5.10 Å². The molecule has 2 bridgehead atoms. The lowest BCUT2D eigenvalue weighted by atomic mass is 9.59. The summed E-state index contributed by atoms with van der Waals surface area (Å²) in [6, 6.07) is 9.54. The Labute approximate surface area is 246 Å². The number of allylic oxidation sites excluding steroid dienone is 1. The molecule has 42 heavy (non-hydrogen) atoms. The number of benzene rings is 1. The Balaban J connectivity index is 1.36. The number of rotatable bonds is 3. The van der Waals surface area contributed by atoms with E-state index in [9.17, 15) is 14.7 Å². The molecule has 1 aromatic carbocycles. The Bertz CT molecular complexity index is 1550. The molecule has 222 valence electrons. The number of aliphatic hydroxyl groups is 1. The third-order valence-electron chi connectivity index (χ3n) is 11.1. The van der Waals surface area contributed by atoms with Crippen LogP contribution in [0.2, 0.25) is 0 Å². The van der Waals surface area contributed by atoms with E-state index >= 15 is 0 Å². The van der Waals surface area contributed by atoms with E-state index in [2.05, 4.69) is 25.9 Å². The fourth-order valence-electron chi connectivity index (χ4n) is 8.97. The molecule has 2 heterocycles. The Morgan fingerprint density at radius 3 is 2.60 bits per heavy atom. The molecule has 2 aromatic rings. The van der Waals surface area contributed by atoms with Crippen LogP contribution in [-0.2, 0) is 26.1 Å². The van der Waals surface area contributed by atoms with Crippen LogP contribution in [0.15, 0.2) is 59.8 Å². The van der Waals surface area contributed by atoms with Gasteiger partial charge in [0, 0.05) is 18.5 Å². The lowest BCUT2D eigenvalue weighted by Crippen LogP contribution is -2.68. The van der Waals surface area contributed by atoms with Crippen molar-refractivity contribution in [1.82, 2.24) is 9.78 Å². The van der Waals surface area contributed by atoms with Crippen LogP contribution in [0.3, 0.4) is 0 Å². The van der Waals surface area contributed by atoms with E-state index in [1.54, 1.807) is 13.2 Å². The van der Waals surface area contributed by atoms with Gasteiger partial charge in [-0.25, -0.2) is 4.79 Å². The summed E-state index contributed by atoms with van der Waals surface area (Å²) in [6.45, 7) is 12.2. The standard InChI is InChI=1S/C34H40N2O6/c1-18-15-33-19(2)13-24-25(31(24,3)4)22(27(33)37)14-21-17-40-32(5,6)42-29(21)34(33,39)28(18)41-30(38)26-23(16-35-36(26)7)20-11-9-8-10-12-20/h8-12,14-16,19,22,24-25,28-29,39H,13,17H2,1-7H3/t19-,22+,24-,25+,28+,29-,33+,34?/m1/s1. The van der Waals surface area contributed by atoms with Crippen LogP contribution < -0.4 is 0 Å². The van der Waals surface area contributed by atoms with Gasteiger partial charge in [0.05, 0.1) is 18.2 Å². The number of hydrogen-bond acceptors (Lipinski definition) is 7. The number of aryl methyl sites for hydroxylation is 1. The minimum atomic E-state index is -1.86. The Kier molecular flexibility index (Phi) is 5.77. The van der Waals surface area contributed by atoms with Crippen molar-refractivity contribution in [2.45, 2.75) is 71.6 Å². The smallest absolute Gasteiger partial charge is 0.357 e.